The third-order valence-corrected chi connectivity index (χ3v) is 1.97. The van der Waals surface area contributed by atoms with E-state index < -0.39 is 0 Å². The molecule has 0 bridgehead atoms. The summed E-state index contributed by atoms with van der Waals surface area (Å²) in [4.78, 5) is 3.17. The molecule has 0 radical (unpaired) electrons. The predicted molar refractivity (Wildman–Crippen MR) is 48.8 cm³/mol. The first-order valence-electron chi connectivity index (χ1n) is 4.53. The van der Waals surface area contributed by atoms with Gasteiger partial charge < -0.3 is 4.98 Å². The van der Waals surface area contributed by atoms with E-state index >= 15 is 0 Å². The Balaban J connectivity index is 2.62. The van der Waals surface area contributed by atoms with Gasteiger partial charge in [0.2, 0.25) is 0 Å². The smallest absolute Gasteiger partial charge is 0.00401 e. The van der Waals surface area contributed by atoms with E-state index in [1.54, 1.807) is 0 Å². The average molecular weight is 151 g/mol. The summed E-state index contributed by atoms with van der Waals surface area (Å²) in [5.74, 6) is 0. The molecule has 1 heteroatoms. The number of hydrogen-bond acceptors (Lipinski definition) is 0. The molecule has 1 rings (SSSR count). The number of nitrogens with one attached hydrogen (secondary N) is 1. The molecule has 1 N–H and O–H groups in total. The first kappa shape index (κ1) is 8.38. The van der Waals surface area contributed by atoms with Crippen LogP contribution in [-0.2, 0) is 12.8 Å². The van der Waals surface area contributed by atoms with Gasteiger partial charge in [0.15, 0.2) is 0 Å². The van der Waals surface area contributed by atoms with Crippen molar-refractivity contribution in [2.24, 2.45) is 0 Å². The summed E-state index contributed by atoms with van der Waals surface area (Å²) in [6, 6.07) is 0. The van der Waals surface area contributed by atoms with Crippen LogP contribution in [0.5, 0.6) is 0 Å². The van der Waals surface area contributed by atoms with Crippen molar-refractivity contribution >= 4 is 0 Å². The second kappa shape index (κ2) is 4.22. The third-order valence-electron chi connectivity index (χ3n) is 1.97. The van der Waals surface area contributed by atoms with Gasteiger partial charge in [0.1, 0.15) is 0 Å². The summed E-state index contributed by atoms with van der Waals surface area (Å²) in [5.41, 5.74) is 3.02. The highest BCUT2D eigenvalue weighted by Gasteiger charge is 1.99. The molecule has 0 aliphatic rings. The molecule has 0 saturated carbocycles. The Hall–Kier alpha value is -0.720. The van der Waals surface area contributed by atoms with E-state index in [0.29, 0.717) is 0 Å². The number of H-pyrrole nitrogens is 1. The van der Waals surface area contributed by atoms with Gasteiger partial charge in [0.25, 0.3) is 0 Å². The van der Waals surface area contributed by atoms with E-state index in [9.17, 15) is 0 Å². The van der Waals surface area contributed by atoms with Gasteiger partial charge in [-0.25, -0.2) is 0 Å². The Kier molecular flexibility index (Phi) is 3.21. The fourth-order valence-electron chi connectivity index (χ4n) is 1.43. The highest BCUT2D eigenvalue weighted by Crippen LogP contribution is 2.11. The van der Waals surface area contributed by atoms with Crippen molar-refractivity contribution in [3.05, 3.63) is 23.5 Å². The van der Waals surface area contributed by atoms with Gasteiger partial charge in [-0.15, -0.1) is 0 Å². The van der Waals surface area contributed by atoms with E-state index in [0.717, 1.165) is 0 Å². The van der Waals surface area contributed by atoms with Gasteiger partial charge in [-0.1, -0.05) is 26.7 Å². The normalized spacial score (nSPS) is 10.4. The first-order valence-corrected chi connectivity index (χ1v) is 4.53. The Bertz CT molecular complexity index is 180. The van der Waals surface area contributed by atoms with Crippen LogP contribution < -0.4 is 0 Å². The molecule has 1 aromatic rings. The Labute approximate surface area is 68.8 Å². The number of hydrogen-bond donors (Lipinski definition) is 1. The molecule has 0 amide bonds. The molecular weight excluding hydrogens is 134 g/mol. The molecule has 1 nitrogen and oxygen atoms in total. The zero-order chi connectivity index (χ0) is 8.10. The minimum absolute atomic E-state index is 1.22. The fourth-order valence-corrected chi connectivity index (χ4v) is 1.43. The van der Waals surface area contributed by atoms with E-state index in [1.165, 1.54) is 36.8 Å². The second-order valence-corrected chi connectivity index (χ2v) is 3.01. The van der Waals surface area contributed by atoms with E-state index in [-0.39, 0.29) is 0 Å². The standard InChI is InChI=1S/C10H17N/c1-3-5-9-7-11-8-10(9)6-4-2/h7-8,11H,3-6H2,1-2H3. The maximum atomic E-state index is 3.17. The lowest BCUT2D eigenvalue weighted by Gasteiger charge is -1.98. The van der Waals surface area contributed by atoms with Gasteiger partial charge >= 0.3 is 0 Å². The van der Waals surface area contributed by atoms with E-state index in [1.807, 2.05) is 0 Å². The zero-order valence-electron chi connectivity index (χ0n) is 7.48. The van der Waals surface area contributed by atoms with Gasteiger partial charge in [-0.2, -0.15) is 0 Å². The van der Waals surface area contributed by atoms with Crippen LogP contribution in [0.3, 0.4) is 0 Å². The van der Waals surface area contributed by atoms with E-state index in [4.69, 9.17) is 0 Å². The molecule has 11 heavy (non-hydrogen) atoms. The average Bonchev–Trinajstić information content (AvgIpc) is 2.39. The SMILES string of the molecule is CCCc1c[nH]cc1CCC. The first-order chi connectivity index (χ1) is 5.38. The molecule has 0 aliphatic heterocycles. The van der Waals surface area contributed by atoms with Gasteiger partial charge in [0.05, 0.1) is 0 Å². The summed E-state index contributed by atoms with van der Waals surface area (Å²) in [6.45, 7) is 4.45. The van der Waals surface area contributed by atoms with Crippen LogP contribution in [0.25, 0.3) is 0 Å². The summed E-state index contributed by atoms with van der Waals surface area (Å²) < 4.78 is 0. The Morgan fingerprint density at radius 1 is 1.00 bits per heavy atom. The number of aromatic amines is 1. The summed E-state index contributed by atoms with van der Waals surface area (Å²) in [5, 5.41) is 0. The lowest BCUT2D eigenvalue weighted by atomic mass is 10.1. The molecule has 0 unspecified atom stereocenters. The molecule has 1 aromatic heterocycles. The van der Waals surface area contributed by atoms with Crippen molar-refractivity contribution in [1.29, 1.82) is 0 Å². The summed E-state index contributed by atoms with van der Waals surface area (Å²) >= 11 is 0. The van der Waals surface area contributed by atoms with Crippen LogP contribution in [0.4, 0.5) is 0 Å². The van der Waals surface area contributed by atoms with Crippen molar-refractivity contribution in [3.8, 4) is 0 Å². The Morgan fingerprint density at radius 2 is 1.45 bits per heavy atom. The number of rotatable bonds is 4. The topological polar surface area (TPSA) is 15.8 Å². The largest absolute Gasteiger partial charge is 0.367 e. The van der Waals surface area contributed by atoms with Crippen molar-refractivity contribution in [2.45, 2.75) is 39.5 Å². The monoisotopic (exact) mass is 151 g/mol. The molecule has 0 saturated heterocycles. The minimum Gasteiger partial charge on any atom is -0.367 e. The maximum absolute atomic E-state index is 3.17. The van der Waals surface area contributed by atoms with Crippen molar-refractivity contribution in [1.82, 2.24) is 4.98 Å². The molecule has 0 atom stereocenters. The summed E-state index contributed by atoms with van der Waals surface area (Å²) in [7, 11) is 0. The van der Waals surface area contributed by atoms with E-state index in [2.05, 4.69) is 31.2 Å². The maximum Gasteiger partial charge on any atom is 0.00401 e. The van der Waals surface area contributed by atoms with Crippen molar-refractivity contribution in [2.75, 3.05) is 0 Å². The van der Waals surface area contributed by atoms with Crippen LogP contribution in [-0.4, -0.2) is 4.98 Å². The molecule has 1 heterocycles. The molecule has 62 valence electrons. The van der Waals surface area contributed by atoms with Gasteiger partial charge in [-0.05, 0) is 24.0 Å². The number of aromatic nitrogens is 1. The van der Waals surface area contributed by atoms with Crippen LogP contribution in [0.15, 0.2) is 12.4 Å². The van der Waals surface area contributed by atoms with Crippen LogP contribution in [0.1, 0.15) is 37.8 Å². The zero-order valence-corrected chi connectivity index (χ0v) is 7.48. The molecular formula is C10H17N. The molecule has 0 aliphatic carbocycles. The number of aryl methyl sites for hydroxylation is 2. The molecule has 0 fully saturated rings. The molecule has 0 spiro atoms. The highest BCUT2D eigenvalue weighted by molar-refractivity contribution is 5.23. The van der Waals surface area contributed by atoms with Crippen LogP contribution >= 0.6 is 0 Å². The Morgan fingerprint density at radius 3 is 1.82 bits per heavy atom. The van der Waals surface area contributed by atoms with Crippen molar-refractivity contribution in [3.63, 3.8) is 0 Å². The fraction of sp³-hybridized carbons (Fsp3) is 0.600. The van der Waals surface area contributed by atoms with Crippen molar-refractivity contribution < 1.29 is 0 Å². The second-order valence-electron chi connectivity index (χ2n) is 3.01. The van der Waals surface area contributed by atoms with Crippen LogP contribution in [0.2, 0.25) is 0 Å². The van der Waals surface area contributed by atoms with Gasteiger partial charge in [-0.3, -0.25) is 0 Å². The highest BCUT2D eigenvalue weighted by atomic mass is 14.6. The van der Waals surface area contributed by atoms with Crippen LogP contribution in [0, 0.1) is 0 Å². The minimum atomic E-state index is 1.22. The summed E-state index contributed by atoms with van der Waals surface area (Å²) in [6.07, 6.45) is 9.20. The lowest BCUT2D eigenvalue weighted by molar-refractivity contribution is 0.869. The van der Waals surface area contributed by atoms with Gasteiger partial charge in [0, 0.05) is 12.4 Å². The third kappa shape index (κ3) is 2.11. The predicted octanol–water partition coefficient (Wildman–Crippen LogP) is 2.92. The molecule has 0 aromatic carbocycles. The lowest BCUT2D eigenvalue weighted by Crippen LogP contribution is -1.87. The quantitative estimate of drug-likeness (QED) is 0.681.